The minimum Gasteiger partial charge on any atom is -0.461 e. The molecular weight excluding hydrogens is 330 g/mol. The number of hydrogen-bond donors (Lipinski definition) is 3. The van der Waals surface area contributed by atoms with Crippen molar-refractivity contribution in [2.75, 3.05) is 25.0 Å². The summed E-state index contributed by atoms with van der Waals surface area (Å²) >= 11 is 0. The third kappa shape index (κ3) is 3.58. The normalized spacial score (nSPS) is 15.1. The van der Waals surface area contributed by atoms with Crippen LogP contribution in [0.4, 0.5) is 5.82 Å². The highest BCUT2D eigenvalue weighted by Gasteiger charge is 2.19. The van der Waals surface area contributed by atoms with Gasteiger partial charge in [0.1, 0.15) is 5.82 Å². The number of fused-ring (bicyclic) bond motifs is 1. The van der Waals surface area contributed by atoms with Gasteiger partial charge in [0.2, 0.25) is 0 Å². The summed E-state index contributed by atoms with van der Waals surface area (Å²) in [5.41, 5.74) is 2.89. The summed E-state index contributed by atoms with van der Waals surface area (Å²) < 4.78 is 5.47. The van der Waals surface area contributed by atoms with Crippen molar-refractivity contribution in [3.63, 3.8) is 0 Å². The van der Waals surface area contributed by atoms with Crippen LogP contribution in [0.5, 0.6) is 0 Å². The van der Waals surface area contributed by atoms with Crippen LogP contribution in [0.1, 0.15) is 22.9 Å². The van der Waals surface area contributed by atoms with E-state index in [1.54, 1.807) is 18.7 Å². The Bertz CT molecular complexity index is 852. The average molecular weight is 351 g/mol. The van der Waals surface area contributed by atoms with Gasteiger partial charge in [0, 0.05) is 43.0 Å². The van der Waals surface area contributed by atoms with Crippen molar-refractivity contribution >= 4 is 5.82 Å². The molecule has 0 bridgehead atoms. The predicted molar refractivity (Wildman–Crippen MR) is 97.7 cm³/mol. The van der Waals surface area contributed by atoms with Crippen LogP contribution >= 0.6 is 0 Å². The minimum atomic E-state index is -0.662. The van der Waals surface area contributed by atoms with Gasteiger partial charge >= 0.3 is 0 Å². The second-order valence-electron chi connectivity index (χ2n) is 6.23. The molecule has 0 fully saturated rings. The molecule has 3 aromatic rings. The maximum atomic E-state index is 10.4. The van der Waals surface area contributed by atoms with Crippen LogP contribution in [-0.4, -0.2) is 39.7 Å². The molecule has 0 amide bonds. The zero-order chi connectivity index (χ0) is 17.8. The summed E-state index contributed by atoms with van der Waals surface area (Å²) in [6.07, 6.45) is 6.00. The number of rotatable bonds is 5. The smallest absolute Gasteiger partial charge is 0.197 e. The predicted octanol–water partition coefficient (Wildman–Crippen LogP) is 1.97. The molecule has 0 saturated carbocycles. The monoisotopic (exact) mass is 351 g/mol. The summed E-state index contributed by atoms with van der Waals surface area (Å²) in [5.74, 6) is 1.96. The number of nitrogens with zero attached hydrogens (tertiary/aromatic N) is 3. The summed E-state index contributed by atoms with van der Waals surface area (Å²) in [5, 5.41) is 17.1. The van der Waals surface area contributed by atoms with Crippen molar-refractivity contribution in [1.82, 2.24) is 20.3 Å². The van der Waals surface area contributed by atoms with Crippen molar-refractivity contribution in [3.8, 4) is 11.6 Å². The third-order valence-electron chi connectivity index (χ3n) is 4.46. The first kappa shape index (κ1) is 16.7. The lowest BCUT2D eigenvalue weighted by Crippen LogP contribution is -2.17. The Labute approximate surface area is 151 Å². The molecule has 0 aromatic carbocycles. The fourth-order valence-corrected chi connectivity index (χ4v) is 3.09. The Morgan fingerprint density at radius 3 is 2.92 bits per heavy atom. The number of aromatic nitrogens is 3. The molecule has 3 aromatic heterocycles. The molecule has 0 unspecified atom stereocenters. The van der Waals surface area contributed by atoms with Gasteiger partial charge in [0.05, 0.1) is 18.1 Å². The number of pyridine rings is 1. The van der Waals surface area contributed by atoms with Gasteiger partial charge in [-0.25, -0.2) is 9.97 Å². The SMILES string of the molecule is O[C@H](CNc1nc(-c2ccco2)nc2c1CCNCC2)c1cccnc1. The van der Waals surface area contributed by atoms with Crippen LogP contribution in [-0.2, 0) is 12.8 Å². The molecule has 4 heterocycles. The lowest BCUT2D eigenvalue weighted by Gasteiger charge is -2.16. The van der Waals surface area contributed by atoms with E-state index in [2.05, 4.69) is 20.6 Å². The van der Waals surface area contributed by atoms with E-state index in [1.165, 1.54) is 0 Å². The third-order valence-corrected chi connectivity index (χ3v) is 4.46. The van der Waals surface area contributed by atoms with Crippen molar-refractivity contribution < 1.29 is 9.52 Å². The van der Waals surface area contributed by atoms with Crippen LogP contribution in [0.15, 0.2) is 47.3 Å². The Morgan fingerprint density at radius 2 is 2.12 bits per heavy atom. The van der Waals surface area contributed by atoms with E-state index >= 15 is 0 Å². The molecule has 1 aliphatic heterocycles. The van der Waals surface area contributed by atoms with E-state index in [4.69, 9.17) is 9.40 Å². The molecule has 4 rings (SSSR count). The Hall–Kier alpha value is -2.77. The summed E-state index contributed by atoms with van der Waals surface area (Å²) in [7, 11) is 0. The van der Waals surface area contributed by atoms with Crippen molar-refractivity contribution in [1.29, 1.82) is 0 Å². The zero-order valence-corrected chi connectivity index (χ0v) is 14.4. The maximum Gasteiger partial charge on any atom is 0.197 e. The highest BCUT2D eigenvalue weighted by atomic mass is 16.3. The first-order chi connectivity index (χ1) is 12.8. The topological polar surface area (TPSA) is 96.1 Å². The van der Waals surface area contributed by atoms with Crippen molar-refractivity contribution in [3.05, 3.63) is 59.7 Å². The van der Waals surface area contributed by atoms with Crippen molar-refractivity contribution in [2.45, 2.75) is 18.9 Å². The summed E-state index contributed by atoms with van der Waals surface area (Å²) in [6.45, 7) is 2.12. The molecule has 0 spiro atoms. The average Bonchev–Trinajstić information content (AvgIpc) is 3.12. The van der Waals surface area contributed by atoms with Crippen molar-refractivity contribution in [2.24, 2.45) is 0 Å². The molecule has 0 aliphatic carbocycles. The highest BCUT2D eigenvalue weighted by molar-refractivity contribution is 5.56. The van der Waals surface area contributed by atoms with E-state index in [-0.39, 0.29) is 0 Å². The van der Waals surface area contributed by atoms with Gasteiger partial charge in [-0.15, -0.1) is 0 Å². The van der Waals surface area contributed by atoms with Gasteiger partial charge in [-0.05, 0) is 31.2 Å². The second-order valence-corrected chi connectivity index (χ2v) is 6.23. The molecule has 3 N–H and O–H groups in total. The quantitative estimate of drug-likeness (QED) is 0.647. The molecule has 7 nitrogen and oxygen atoms in total. The van der Waals surface area contributed by atoms with E-state index in [0.29, 0.717) is 18.1 Å². The maximum absolute atomic E-state index is 10.4. The molecular formula is C19H21N5O2. The van der Waals surface area contributed by atoms with Gasteiger partial charge < -0.3 is 20.2 Å². The van der Waals surface area contributed by atoms with Gasteiger partial charge in [-0.3, -0.25) is 4.98 Å². The van der Waals surface area contributed by atoms with E-state index in [9.17, 15) is 5.11 Å². The van der Waals surface area contributed by atoms with Crippen LogP contribution in [0.25, 0.3) is 11.6 Å². The number of aliphatic hydroxyl groups excluding tert-OH is 1. The van der Waals surface area contributed by atoms with Gasteiger partial charge in [0.15, 0.2) is 11.6 Å². The first-order valence-corrected chi connectivity index (χ1v) is 8.77. The van der Waals surface area contributed by atoms with Crippen LogP contribution in [0.2, 0.25) is 0 Å². The van der Waals surface area contributed by atoms with E-state index < -0.39 is 6.10 Å². The molecule has 26 heavy (non-hydrogen) atoms. The molecule has 0 radical (unpaired) electrons. The van der Waals surface area contributed by atoms with Crippen LogP contribution in [0, 0.1) is 0 Å². The Balaban J connectivity index is 1.62. The Morgan fingerprint density at radius 1 is 1.19 bits per heavy atom. The summed E-state index contributed by atoms with van der Waals surface area (Å²) in [4.78, 5) is 13.4. The highest BCUT2D eigenvalue weighted by Crippen LogP contribution is 2.25. The molecule has 1 aliphatic rings. The van der Waals surface area contributed by atoms with Crippen LogP contribution < -0.4 is 10.6 Å². The zero-order valence-electron chi connectivity index (χ0n) is 14.4. The lowest BCUT2D eigenvalue weighted by molar-refractivity contribution is 0.191. The Kier molecular flexibility index (Phi) is 4.90. The number of furan rings is 1. The minimum absolute atomic E-state index is 0.347. The fourth-order valence-electron chi connectivity index (χ4n) is 3.09. The molecule has 1 atom stereocenters. The van der Waals surface area contributed by atoms with Gasteiger partial charge in [-0.2, -0.15) is 0 Å². The molecule has 134 valence electrons. The fraction of sp³-hybridized carbons (Fsp3) is 0.316. The number of hydrogen-bond acceptors (Lipinski definition) is 7. The lowest BCUT2D eigenvalue weighted by atomic mass is 10.1. The van der Waals surface area contributed by atoms with Gasteiger partial charge in [0.25, 0.3) is 0 Å². The number of anilines is 1. The van der Waals surface area contributed by atoms with E-state index in [1.807, 2.05) is 24.3 Å². The largest absolute Gasteiger partial charge is 0.461 e. The van der Waals surface area contributed by atoms with E-state index in [0.717, 1.165) is 48.6 Å². The summed E-state index contributed by atoms with van der Waals surface area (Å²) in [6, 6.07) is 7.35. The number of nitrogens with one attached hydrogen (secondary N) is 2. The first-order valence-electron chi connectivity index (χ1n) is 8.77. The van der Waals surface area contributed by atoms with Gasteiger partial charge in [-0.1, -0.05) is 6.07 Å². The molecule has 7 heteroatoms. The second kappa shape index (κ2) is 7.63. The number of aliphatic hydroxyl groups is 1. The molecule has 0 saturated heterocycles. The standard InChI is InChI=1S/C19H21N5O2/c25-16(13-3-1-7-21-11-13)12-22-18-14-5-8-20-9-6-15(14)23-19(24-18)17-4-2-10-26-17/h1-4,7,10-11,16,20,25H,5-6,8-9,12H2,(H,22,23,24)/t16-/m1/s1. The van der Waals surface area contributed by atoms with Crippen LogP contribution in [0.3, 0.4) is 0 Å².